The topological polar surface area (TPSA) is 242 Å². The van der Waals surface area contributed by atoms with Gasteiger partial charge in [0.25, 0.3) is 0 Å². The van der Waals surface area contributed by atoms with Gasteiger partial charge in [-0.15, -0.1) is 0 Å². The molecule has 0 aromatic heterocycles. The van der Waals surface area contributed by atoms with Crippen LogP contribution in [0.4, 0.5) is 0 Å². The number of aliphatic hydroxyl groups is 6. The predicted octanol–water partition coefficient (Wildman–Crippen LogP) is -1.89. The lowest BCUT2D eigenvalue weighted by molar-refractivity contribution is -0.347. The third-order valence-corrected chi connectivity index (χ3v) is 9.73. The van der Waals surface area contributed by atoms with Crippen molar-refractivity contribution < 1.29 is 82.9 Å². The van der Waals surface area contributed by atoms with Gasteiger partial charge in [0.2, 0.25) is 6.29 Å². The minimum absolute atomic E-state index is 0.504. The molecule has 6 rings (SSSR count). The molecule has 16 atom stereocenters. The third-order valence-electron chi connectivity index (χ3n) is 9.73. The summed E-state index contributed by atoms with van der Waals surface area (Å²) in [7, 11) is 1.53. The van der Waals surface area contributed by atoms with Crippen LogP contribution in [-0.2, 0) is 47.5 Å². The lowest BCUT2D eigenvalue weighted by Gasteiger charge is -2.44. The minimum Gasteiger partial charge on any atom is -0.497 e. The summed E-state index contributed by atoms with van der Waals surface area (Å²) in [6, 6.07) is 6.87. The first-order chi connectivity index (χ1) is 23.9. The number of epoxide rings is 1. The first kappa shape index (κ1) is 36.6. The monoisotopic (exact) mass is 710 g/mol. The average molecular weight is 711 g/mol. The quantitative estimate of drug-likeness (QED) is 0.0835. The molecule has 4 fully saturated rings. The number of rotatable bonds is 11. The highest BCUT2D eigenvalue weighted by Gasteiger charge is 2.77. The van der Waals surface area contributed by atoms with Crippen molar-refractivity contribution in [2.45, 2.75) is 99.4 Å². The van der Waals surface area contributed by atoms with Crippen molar-refractivity contribution in [2.75, 3.05) is 20.3 Å². The number of ether oxygens (including phenoxy) is 9. The Kier molecular flexibility index (Phi) is 10.8. The first-order valence-corrected chi connectivity index (χ1v) is 16.2. The van der Waals surface area contributed by atoms with Crippen LogP contribution in [0, 0.1) is 11.8 Å². The zero-order valence-corrected chi connectivity index (χ0v) is 27.4. The van der Waals surface area contributed by atoms with Crippen LogP contribution in [-0.4, -0.2) is 148 Å². The molecule has 276 valence electrons. The van der Waals surface area contributed by atoms with Gasteiger partial charge in [-0.1, -0.05) is 12.1 Å². The molecule has 3 saturated heterocycles. The SMILES string of the molecule is COc1ccc(/C=C\C(=O)O[C@H]2C(O[C@H]3[C@@H]4C=CO[C@@H](OC5O[C@H](CO)[C@@H](O)[C@H](O)[C@H]5O)[C@@H]4[C@@]4(CO)O[C@@H]34)O[C@@H](C)[C@H](O)[C@H]2OC(C)=O)cc1. The Morgan fingerprint density at radius 3 is 2.28 bits per heavy atom. The van der Waals surface area contributed by atoms with Crippen LogP contribution >= 0.6 is 0 Å². The van der Waals surface area contributed by atoms with E-state index in [-0.39, 0.29) is 0 Å². The molecular weight excluding hydrogens is 668 g/mol. The summed E-state index contributed by atoms with van der Waals surface area (Å²) < 4.78 is 51.8. The van der Waals surface area contributed by atoms with Crippen LogP contribution in [0.1, 0.15) is 19.4 Å². The average Bonchev–Trinajstić information content (AvgIpc) is 3.78. The highest BCUT2D eigenvalue weighted by atomic mass is 16.8. The van der Waals surface area contributed by atoms with Gasteiger partial charge in [0.1, 0.15) is 48.0 Å². The van der Waals surface area contributed by atoms with Gasteiger partial charge in [-0.2, -0.15) is 0 Å². The molecule has 0 spiro atoms. The van der Waals surface area contributed by atoms with Crippen LogP contribution in [0.2, 0.25) is 0 Å². The smallest absolute Gasteiger partial charge is 0.331 e. The van der Waals surface area contributed by atoms with Crippen molar-refractivity contribution in [3.05, 3.63) is 48.2 Å². The molecule has 17 nitrogen and oxygen atoms in total. The fraction of sp³-hybridized carbons (Fsp3) is 0.636. The third kappa shape index (κ3) is 6.88. The number of benzene rings is 1. The fourth-order valence-electron chi connectivity index (χ4n) is 7.06. The van der Waals surface area contributed by atoms with Gasteiger partial charge in [-0.05, 0) is 36.8 Å². The van der Waals surface area contributed by atoms with E-state index in [0.717, 1.165) is 13.0 Å². The fourth-order valence-corrected chi connectivity index (χ4v) is 7.06. The second-order valence-corrected chi connectivity index (χ2v) is 12.8. The molecule has 0 bridgehead atoms. The number of hydrogen-bond acceptors (Lipinski definition) is 17. The minimum atomic E-state index is -1.72. The maximum absolute atomic E-state index is 13.1. The highest BCUT2D eigenvalue weighted by molar-refractivity contribution is 5.87. The number of carbonyl (C=O) groups excluding carboxylic acids is 2. The number of carbonyl (C=O) groups is 2. The van der Waals surface area contributed by atoms with Crippen LogP contribution < -0.4 is 4.74 Å². The Bertz CT molecular complexity index is 1420. The molecule has 2 unspecified atom stereocenters. The molecule has 1 saturated carbocycles. The standard InChI is InChI=1S/C33H42O17/c1-14-22(38)27(45-15(2)36)28(47-20(37)9-6-16-4-7-17(42-3)8-5-16)32(44-14)48-26-18-10-11-43-30(21(18)33(13-35)29(26)50-33)49-31-25(41)24(40)23(39)19(12-34)46-31/h4-11,14,18-19,21-32,34-35,38-41H,12-13H2,1-3H3/b9-6-/t14-,18+,19+,21+,22-,23+,24-,25+,26-,27+,28+,29-,30-,31?,32?,33+/m0/s1. The van der Waals surface area contributed by atoms with Gasteiger partial charge in [0, 0.05) is 18.9 Å². The summed E-state index contributed by atoms with van der Waals surface area (Å²) in [4.78, 5) is 25.2. The lowest BCUT2D eigenvalue weighted by Crippen LogP contribution is -2.61. The summed E-state index contributed by atoms with van der Waals surface area (Å²) >= 11 is 0. The normalized spacial score (nSPS) is 43.4. The molecule has 0 amide bonds. The van der Waals surface area contributed by atoms with Crippen molar-refractivity contribution in [1.82, 2.24) is 0 Å². The molecule has 50 heavy (non-hydrogen) atoms. The number of esters is 2. The van der Waals surface area contributed by atoms with Crippen LogP contribution in [0.3, 0.4) is 0 Å². The predicted molar refractivity (Wildman–Crippen MR) is 163 cm³/mol. The van der Waals surface area contributed by atoms with Crippen LogP contribution in [0.15, 0.2) is 42.7 Å². The molecule has 1 aliphatic carbocycles. The summed E-state index contributed by atoms with van der Waals surface area (Å²) in [5.74, 6) is -2.36. The number of hydrogen-bond donors (Lipinski definition) is 6. The van der Waals surface area contributed by atoms with E-state index >= 15 is 0 Å². The first-order valence-electron chi connectivity index (χ1n) is 16.2. The lowest BCUT2D eigenvalue weighted by atomic mass is 9.85. The van der Waals surface area contributed by atoms with E-state index in [1.54, 1.807) is 30.3 Å². The summed E-state index contributed by atoms with van der Waals surface area (Å²) in [5.41, 5.74) is -0.600. The van der Waals surface area contributed by atoms with Gasteiger partial charge >= 0.3 is 11.9 Å². The van der Waals surface area contributed by atoms with Crippen LogP contribution in [0.5, 0.6) is 5.75 Å². The maximum atomic E-state index is 13.1. The van der Waals surface area contributed by atoms with Gasteiger partial charge in [-0.3, -0.25) is 4.79 Å². The largest absolute Gasteiger partial charge is 0.497 e. The molecule has 4 heterocycles. The molecule has 6 N–H and O–H groups in total. The number of fused-ring (bicyclic) bond motifs is 3. The highest BCUT2D eigenvalue weighted by Crippen LogP contribution is 2.61. The zero-order valence-electron chi connectivity index (χ0n) is 27.4. The Morgan fingerprint density at radius 1 is 0.880 bits per heavy atom. The molecule has 4 aliphatic heterocycles. The van der Waals surface area contributed by atoms with Gasteiger partial charge < -0.3 is 73.3 Å². The van der Waals surface area contributed by atoms with Crippen molar-refractivity contribution in [3.63, 3.8) is 0 Å². The maximum Gasteiger partial charge on any atom is 0.331 e. The summed E-state index contributed by atoms with van der Waals surface area (Å²) in [6.45, 7) is 1.50. The van der Waals surface area contributed by atoms with E-state index in [1.165, 1.54) is 26.4 Å². The van der Waals surface area contributed by atoms with Crippen molar-refractivity contribution in [3.8, 4) is 5.75 Å². The second-order valence-electron chi connectivity index (χ2n) is 12.8. The van der Waals surface area contributed by atoms with E-state index < -0.39 is 122 Å². The molecule has 0 radical (unpaired) electrons. The van der Waals surface area contributed by atoms with Crippen molar-refractivity contribution in [1.29, 1.82) is 0 Å². The van der Waals surface area contributed by atoms with Gasteiger partial charge in [0.05, 0.1) is 44.7 Å². The number of aliphatic hydroxyl groups excluding tert-OH is 6. The number of methoxy groups -OCH3 is 1. The van der Waals surface area contributed by atoms with Gasteiger partial charge in [0.15, 0.2) is 24.8 Å². The van der Waals surface area contributed by atoms with Crippen molar-refractivity contribution in [2.24, 2.45) is 11.8 Å². The van der Waals surface area contributed by atoms with E-state index in [4.69, 9.17) is 42.6 Å². The Labute approximate surface area is 286 Å². The van der Waals surface area contributed by atoms with E-state index in [0.29, 0.717) is 11.3 Å². The molecular formula is C33H42O17. The molecule has 1 aromatic carbocycles. The Balaban J connectivity index is 1.22. The summed E-state index contributed by atoms with van der Waals surface area (Å²) in [6.07, 6.45) is -11.7. The van der Waals surface area contributed by atoms with Crippen LogP contribution in [0.25, 0.3) is 6.08 Å². The van der Waals surface area contributed by atoms with Crippen molar-refractivity contribution >= 4 is 18.0 Å². The van der Waals surface area contributed by atoms with E-state index in [2.05, 4.69) is 0 Å². The summed E-state index contributed by atoms with van der Waals surface area (Å²) in [5, 5.41) is 62.1. The Morgan fingerprint density at radius 2 is 1.62 bits per heavy atom. The van der Waals surface area contributed by atoms with E-state index in [9.17, 15) is 40.2 Å². The molecule has 17 heteroatoms. The molecule has 5 aliphatic rings. The van der Waals surface area contributed by atoms with E-state index in [1.807, 2.05) is 0 Å². The second kappa shape index (κ2) is 14.8. The van der Waals surface area contributed by atoms with Gasteiger partial charge in [-0.25, -0.2) is 4.79 Å². The zero-order chi connectivity index (χ0) is 35.9. The Hall–Kier alpha value is -3.20. The molecule has 1 aromatic rings.